The van der Waals surface area contributed by atoms with Crippen LogP contribution in [0, 0.1) is 0 Å². The Kier molecular flexibility index (Phi) is 6.62. The van der Waals surface area contributed by atoms with Crippen LogP contribution in [0.1, 0.15) is 39.0 Å². The molecule has 1 saturated carbocycles. The summed E-state index contributed by atoms with van der Waals surface area (Å²) in [6.07, 6.45) is 6.28. The van der Waals surface area contributed by atoms with E-state index in [0.29, 0.717) is 6.54 Å². The van der Waals surface area contributed by atoms with Gasteiger partial charge in [-0.05, 0) is 31.2 Å². The standard InChI is InChI=1S/C21H27NO2S/c1-16(21(23)22-14-15-25-18-10-3-2-4-11-18)24-20-13-7-9-17-8-5-6-12-19(17)20/h5-9,12-13,16,18H,2-4,10-11,14-15H2,1H3,(H,22,23)/t16-/m1/s1. The second kappa shape index (κ2) is 9.14. The molecule has 0 saturated heterocycles. The van der Waals surface area contributed by atoms with Gasteiger partial charge < -0.3 is 10.1 Å². The summed E-state index contributed by atoms with van der Waals surface area (Å²) in [5, 5.41) is 5.95. The summed E-state index contributed by atoms with van der Waals surface area (Å²) in [5.74, 6) is 1.70. The largest absolute Gasteiger partial charge is 0.480 e. The van der Waals surface area contributed by atoms with Gasteiger partial charge in [0.25, 0.3) is 5.91 Å². The lowest BCUT2D eigenvalue weighted by Gasteiger charge is -2.21. The minimum atomic E-state index is -0.495. The molecule has 134 valence electrons. The van der Waals surface area contributed by atoms with E-state index in [1.165, 1.54) is 32.1 Å². The second-order valence-corrected chi connectivity index (χ2v) is 8.07. The number of nitrogens with one attached hydrogen (secondary N) is 1. The van der Waals surface area contributed by atoms with Crippen molar-refractivity contribution in [3.05, 3.63) is 42.5 Å². The molecule has 4 heteroatoms. The minimum Gasteiger partial charge on any atom is -0.480 e. The summed E-state index contributed by atoms with van der Waals surface area (Å²) >= 11 is 2.00. The Labute approximate surface area is 154 Å². The van der Waals surface area contributed by atoms with Crippen LogP contribution in [0.3, 0.4) is 0 Å². The molecule has 1 fully saturated rings. The van der Waals surface area contributed by atoms with E-state index in [0.717, 1.165) is 27.5 Å². The van der Waals surface area contributed by atoms with Crippen LogP contribution < -0.4 is 10.1 Å². The Morgan fingerprint density at radius 2 is 1.92 bits per heavy atom. The average Bonchev–Trinajstić information content (AvgIpc) is 2.66. The maximum atomic E-state index is 12.3. The molecule has 0 bridgehead atoms. The summed E-state index contributed by atoms with van der Waals surface area (Å²) < 4.78 is 5.92. The third-order valence-corrected chi connectivity index (χ3v) is 6.11. The number of ether oxygens (including phenoxy) is 1. The number of amides is 1. The van der Waals surface area contributed by atoms with Gasteiger partial charge in [-0.3, -0.25) is 4.79 Å². The molecule has 0 aromatic heterocycles. The number of rotatable bonds is 7. The molecule has 3 rings (SSSR count). The van der Waals surface area contributed by atoms with E-state index in [9.17, 15) is 4.79 Å². The second-order valence-electron chi connectivity index (χ2n) is 6.66. The van der Waals surface area contributed by atoms with Gasteiger partial charge >= 0.3 is 0 Å². The first-order valence-electron chi connectivity index (χ1n) is 9.28. The van der Waals surface area contributed by atoms with Gasteiger partial charge in [0.05, 0.1) is 0 Å². The lowest BCUT2D eigenvalue weighted by Crippen LogP contribution is -2.37. The van der Waals surface area contributed by atoms with E-state index < -0.39 is 6.10 Å². The Hall–Kier alpha value is -1.68. The molecule has 0 radical (unpaired) electrons. The number of hydrogen-bond acceptors (Lipinski definition) is 3. The first-order valence-corrected chi connectivity index (χ1v) is 10.3. The fourth-order valence-electron chi connectivity index (χ4n) is 3.32. The van der Waals surface area contributed by atoms with Crippen molar-refractivity contribution >= 4 is 28.4 Å². The molecular formula is C21H27NO2S. The number of thioether (sulfide) groups is 1. The molecule has 0 spiro atoms. The highest BCUT2D eigenvalue weighted by molar-refractivity contribution is 7.99. The first-order chi connectivity index (χ1) is 12.2. The highest BCUT2D eigenvalue weighted by Crippen LogP contribution is 2.28. The smallest absolute Gasteiger partial charge is 0.260 e. The van der Waals surface area contributed by atoms with Crippen molar-refractivity contribution in [1.29, 1.82) is 0 Å². The lowest BCUT2D eigenvalue weighted by atomic mass is 10.0. The van der Waals surface area contributed by atoms with Crippen LogP contribution in [0.2, 0.25) is 0 Å². The predicted molar refractivity (Wildman–Crippen MR) is 106 cm³/mol. The third kappa shape index (κ3) is 5.15. The lowest BCUT2D eigenvalue weighted by molar-refractivity contribution is -0.127. The number of benzene rings is 2. The van der Waals surface area contributed by atoms with Crippen molar-refractivity contribution in [3.8, 4) is 5.75 Å². The van der Waals surface area contributed by atoms with Gasteiger partial charge in [0.15, 0.2) is 6.10 Å². The predicted octanol–water partition coefficient (Wildman–Crippen LogP) is 4.79. The van der Waals surface area contributed by atoms with Gasteiger partial charge in [-0.25, -0.2) is 0 Å². The Morgan fingerprint density at radius 3 is 2.76 bits per heavy atom. The average molecular weight is 358 g/mol. The zero-order valence-corrected chi connectivity index (χ0v) is 15.7. The van der Waals surface area contributed by atoms with Crippen LogP contribution in [-0.2, 0) is 4.79 Å². The van der Waals surface area contributed by atoms with Crippen molar-refractivity contribution in [2.75, 3.05) is 12.3 Å². The molecule has 2 aromatic rings. The van der Waals surface area contributed by atoms with Crippen molar-refractivity contribution < 1.29 is 9.53 Å². The summed E-state index contributed by atoms with van der Waals surface area (Å²) in [6, 6.07) is 14.0. The molecule has 3 nitrogen and oxygen atoms in total. The Balaban J connectivity index is 1.45. The molecule has 1 aliphatic carbocycles. The maximum absolute atomic E-state index is 12.3. The van der Waals surface area contributed by atoms with Crippen LogP contribution in [0.15, 0.2) is 42.5 Å². The van der Waals surface area contributed by atoms with E-state index in [-0.39, 0.29) is 5.91 Å². The number of fused-ring (bicyclic) bond motifs is 1. The third-order valence-electron chi connectivity index (χ3n) is 4.73. The topological polar surface area (TPSA) is 38.3 Å². The Morgan fingerprint density at radius 1 is 1.16 bits per heavy atom. The van der Waals surface area contributed by atoms with Gasteiger partial charge in [0.2, 0.25) is 0 Å². The van der Waals surface area contributed by atoms with Crippen molar-refractivity contribution in [1.82, 2.24) is 5.32 Å². The molecule has 1 atom stereocenters. The van der Waals surface area contributed by atoms with E-state index in [1.807, 2.05) is 49.0 Å². The molecule has 25 heavy (non-hydrogen) atoms. The first kappa shape index (κ1) is 18.1. The molecule has 0 aliphatic heterocycles. The van der Waals surface area contributed by atoms with E-state index in [4.69, 9.17) is 4.74 Å². The van der Waals surface area contributed by atoms with Gasteiger partial charge in [0, 0.05) is 22.9 Å². The van der Waals surface area contributed by atoms with Crippen LogP contribution in [0.25, 0.3) is 10.8 Å². The molecule has 2 aromatic carbocycles. The van der Waals surface area contributed by atoms with E-state index in [1.54, 1.807) is 0 Å². The number of carbonyl (C=O) groups is 1. The molecule has 0 heterocycles. The minimum absolute atomic E-state index is 0.0443. The summed E-state index contributed by atoms with van der Waals surface area (Å²) in [4.78, 5) is 12.3. The molecule has 0 unspecified atom stereocenters. The SMILES string of the molecule is C[C@@H](Oc1cccc2ccccc12)C(=O)NCCSC1CCCCC1. The maximum Gasteiger partial charge on any atom is 0.260 e. The molecular weight excluding hydrogens is 330 g/mol. The highest BCUT2D eigenvalue weighted by Gasteiger charge is 2.16. The van der Waals surface area contributed by atoms with Gasteiger partial charge in [-0.2, -0.15) is 11.8 Å². The monoisotopic (exact) mass is 357 g/mol. The van der Waals surface area contributed by atoms with Gasteiger partial charge in [-0.15, -0.1) is 0 Å². The highest BCUT2D eigenvalue weighted by atomic mass is 32.2. The number of carbonyl (C=O) groups excluding carboxylic acids is 1. The summed E-state index contributed by atoms with van der Waals surface area (Å²) in [5.41, 5.74) is 0. The summed E-state index contributed by atoms with van der Waals surface area (Å²) in [7, 11) is 0. The van der Waals surface area contributed by atoms with Crippen LogP contribution >= 0.6 is 11.8 Å². The molecule has 1 N–H and O–H groups in total. The quantitative estimate of drug-likeness (QED) is 0.724. The van der Waals surface area contributed by atoms with Gasteiger partial charge in [-0.1, -0.05) is 55.7 Å². The van der Waals surface area contributed by atoms with Gasteiger partial charge in [0.1, 0.15) is 5.75 Å². The fourth-order valence-corrected chi connectivity index (χ4v) is 4.54. The van der Waals surface area contributed by atoms with Crippen LogP contribution in [0.4, 0.5) is 0 Å². The molecule has 1 amide bonds. The Bertz CT molecular complexity index is 692. The fraction of sp³-hybridized carbons (Fsp3) is 0.476. The van der Waals surface area contributed by atoms with Crippen LogP contribution in [-0.4, -0.2) is 29.6 Å². The van der Waals surface area contributed by atoms with Crippen molar-refractivity contribution in [2.24, 2.45) is 0 Å². The van der Waals surface area contributed by atoms with Crippen molar-refractivity contribution in [2.45, 2.75) is 50.4 Å². The van der Waals surface area contributed by atoms with E-state index in [2.05, 4.69) is 17.4 Å². The zero-order valence-electron chi connectivity index (χ0n) is 14.9. The summed E-state index contributed by atoms with van der Waals surface area (Å²) in [6.45, 7) is 2.52. The molecule has 1 aliphatic rings. The van der Waals surface area contributed by atoms with E-state index >= 15 is 0 Å². The van der Waals surface area contributed by atoms with Crippen LogP contribution in [0.5, 0.6) is 5.75 Å². The van der Waals surface area contributed by atoms with Crippen molar-refractivity contribution in [3.63, 3.8) is 0 Å². The normalized spacial score (nSPS) is 16.5. The zero-order chi connectivity index (χ0) is 17.5. The number of hydrogen-bond donors (Lipinski definition) is 1.